The number of nitrogens with one attached hydrogen (secondary N) is 1. The maximum absolute atomic E-state index is 13.0. The van der Waals surface area contributed by atoms with Crippen LogP contribution in [-0.4, -0.2) is 29.8 Å². The predicted molar refractivity (Wildman–Crippen MR) is 96.7 cm³/mol. The molecule has 0 aliphatic heterocycles. The van der Waals surface area contributed by atoms with Crippen molar-refractivity contribution in [3.63, 3.8) is 0 Å². The molecular formula is C19H20FNO4S. The number of hydrogen-bond acceptors (Lipinski definition) is 5. The minimum Gasteiger partial charge on any atom is -0.453 e. The summed E-state index contributed by atoms with van der Waals surface area (Å²) in [5.41, 5.74) is 0.246. The highest BCUT2D eigenvalue weighted by Gasteiger charge is 2.29. The zero-order valence-corrected chi connectivity index (χ0v) is 15.5. The van der Waals surface area contributed by atoms with Crippen molar-refractivity contribution < 1.29 is 23.5 Å². The van der Waals surface area contributed by atoms with Crippen LogP contribution in [0.25, 0.3) is 0 Å². The number of halogens is 1. The van der Waals surface area contributed by atoms with Crippen LogP contribution in [0.4, 0.5) is 4.39 Å². The molecule has 1 N–H and O–H groups in total. The molecule has 2 aromatic rings. The van der Waals surface area contributed by atoms with Gasteiger partial charge in [0.25, 0.3) is 5.91 Å². The maximum Gasteiger partial charge on any atom is 0.329 e. The Morgan fingerprint density at radius 2 is 1.73 bits per heavy atom. The lowest BCUT2D eigenvalue weighted by atomic mass is 10.0. The fourth-order valence-electron chi connectivity index (χ4n) is 2.27. The molecule has 7 heteroatoms. The number of esters is 1. The smallest absolute Gasteiger partial charge is 0.329 e. The summed E-state index contributed by atoms with van der Waals surface area (Å²) < 4.78 is 18.2. The Morgan fingerprint density at radius 3 is 2.27 bits per heavy atom. The summed E-state index contributed by atoms with van der Waals surface area (Å²) in [7, 11) is 0. The van der Waals surface area contributed by atoms with Crippen molar-refractivity contribution in [2.24, 2.45) is 5.92 Å². The number of hydrogen-bond donors (Lipinski definition) is 1. The van der Waals surface area contributed by atoms with E-state index in [0.29, 0.717) is 4.88 Å². The molecule has 1 aromatic carbocycles. The standard InChI is InChI=1S/C19H20FNO4S/c1-11(2)16(21-18(23)15-5-4-10-26-15)19(24)25-12(3)17(22)13-6-8-14(20)9-7-13/h4-12,16H,1-3H3,(H,21,23)/t12-,16+/m0/s1. The van der Waals surface area contributed by atoms with Gasteiger partial charge in [-0.05, 0) is 48.6 Å². The van der Waals surface area contributed by atoms with E-state index in [0.717, 1.165) is 0 Å². The van der Waals surface area contributed by atoms with Gasteiger partial charge in [0.05, 0.1) is 4.88 Å². The van der Waals surface area contributed by atoms with Crippen LogP contribution in [0, 0.1) is 11.7 Å². The number of carbonyl (C=O) groups excluding carboxylic acids is 3. The number of rotatable bonds is 7. The summed E-state index contributed by atoms with van der Waals surface area (Å²) in [5, 5.41) is 4.41. The van der Waals surface area contributed by atoms with Gasteiger partial charge in [0.1, 0.15) is 11.9 Å². The van der Waals surface area contributed by atoms with Crippen molar-refractivity contribution in [3.05, 3.63) is 58.0 Å². The number of ketones is 1. The molecule has 1 heterocycles. The summed E-state index contributed by atoms with van der Waals surface area (Å²) in [6.07, 6.45) is -1.05. The third-order valence-corrected chi connectivity index (χ3v) is 4.61. The minimum absolute atomic E-state index is 0.223. The molecule has 1 aromatic heterocycles. The van der Waals surface area contributed by atoms with Gasteiger partial charge in [0, 0.05) is 5.56 Å². The molecule has 0 aliphatic carbocycles. The van der Waals surface area contributed by atoms with Crippen LogP contribution in [0.2, 0.25) is 0 Å². The van der Waals surface area contributed by atoms with Crippen LogP contribution in [0.3, 0.4) is 0 Å². The molecule has 0 aliphatic rings. The first kappa shape index (κ1) is 19.8. The second kappa shape index (κ2) is 8.71. The lowest BCUT2D eigenvalue weighted by Gasteiger charge is -2.22. The third kappa shape index (κ3) is 4.98. The monoisotopic (exact) mass is 377 g/mol. The van der Waals surface area contributed by atoms with Crippen molar-refractivity contribution >= 4 is 29.0 Å². The fraction of sp³-hybridized carbons (Fsp3) is 0.316. The largest absolute Gasteiger partial charge is 0.453 e. The second-order valence-electron chi connectivity index (χ2n) is 6.12. The third-order valence-electron chi connectivity index (χ3n) is 3.74. The van der Waals surface area contributed by atoms with Crippen molar-refractivity contribution in [1.29, 1.82) is 0 Å². The van der Waals surface area contributed by atoms with E-state index in [1.54, 1.807) is 31.4 Å². The van der Waals surface area contributed by atoms with Crippen LogP contribution in [-0.2, 0) is 9.53 Å². The van der Waals surface area contributed by atoms with E-state index in [1.165, 1.54) is 42.5 Å². The first-order valence-corrected chi connectivity index (χ1v) is 9.02. The van der Waals surface area contributed by atoms with E-state index in [1.807, 2.05) is 0 Å². The zero-order chi connectivity index (χ0) is 19.3. The Hall–Kier alpha value is -2.54. The molecule has 0 bridgehead atoms. The Morgan fingerprint density at radius 1 is 1.08 bits per heavy atom. The predicted octanol–water partition coefficient (Wildman–Crippen LogP) is 3.46. The summed E-state index contributed by atoms with van der Waals surface area (Å²) in [6, 6.07) is 7.52. The SMILES string of the molecule is CC(C)[C@@H](NC(=O)c1cccs1)C(=O)O[C@@H](C)C(=O)c1ccc(F)cc1. The summed E-state index contributed by atoms with van der Waals surface area (Å²) in [5.74, 6) is -2.17. The highest BCUT2D eigenvalue weighted by molar-refractivity contribution is 7.12. The van der Waals surface area contributed by atoms with E-state index < -0.39 is 29.7 Å². The zero-order valence-electron chi connectivity index (χ0n) is 14.7. The Labute approximate surface area is 155 Å². The summed E-state index contributed by atoms with van der Waals surface area (Å²) in [6.45, 7) is 4.99. The Kier molecular flexibility index (Phi) is 6.63. The molecule has 5 nitrogen and oxygen atoms in total. The highest BCUT2D eigenvalue weighted by Crippen LogP contribution is 2.13. The minimum atomic E-state index is -1.05. The second-order valence-corrected chi connectivity index (χ2v) is 7.07. The van der Waals surface area contributed by atoms with Crippen molar-refractivity contribution in [2.75, 3.05) is 0 Å². The molecule has 0 saturated carbocycles. The van der Waals surface area contributed by atoms with Crippen molar-refractivity contribution in [2.45, 2.75) is 32.9 Å². The number of ether oxygens (including phenoxy) is 1. The average molecular weight is 377 g/mol. The van der Waals surface area contributed by atoms with E-state index in [4.69, 9.17) is 4.74 Å². The van der Waals surface area contributed by atoms with E-state index >= 15 is 0 Å². The first-order chi connectivity index (χ1) is 12.3. The molecule has 26 heavy (non-hydrogen) atoms. The normalized spacial score (nSPS) is 13.1. The van der Waals surface area contributed by atoms with Crippen molar-refractivity contribution in [3.8, 4) is 0 Å². The number of benzene rings is 1. The van der Waals surface area contributed by atoms with Gasteiger partial charge in [-0.1, -0.05) is 19.9 Å². The van der Waals surface area contributed by atoms with Crippen molar-refractivity contribution in [1.82, 2.24) is 5.32 Å². The van der Waals surface area contributed by atoms with Gasteiger partial charge in [-0.15, -0.1) is 11.3 Å². The number of thiophene rings is 1. The summed E-state index contributed by atoms with van der Waals surface area (Å²) >= 11 is 1.26. The quantitative estimate of drug-likeness (QED) is 0.592. The molecule has 0 spiro atoms. The van der Waals surface area contributed by atoms with E-state index in [9.17, 15) is 18.8 Å². The van der Waals surface area contributed by atoms with Gasteiger partial charge in [-0.25, -0.2) is 9.18 Å². The first-order valence-electron chi connectivity index (χ1n) is 8.14. The molecule has 0 saturated heterocycles. The lowest BCUT2D eigenvalue weighted by molar-refractivity contribution is -0.149. The van der Waals surface area contributed by atoms with Crippen LogP contribution in [0.5, 0.6) is 0 Å². The van der Waals surface area contributed by atoms with Gasteiger partial charge < -0.3 is 10.1 Å². The molecule has 2 atom stereocenters. The molecule has 2 rings (SSSR count). The molecule has 0 fully saturated rings. The molecule has 1 amide bonds. The van der Waals surface area contributed by atoms with Gasteiger partial charge in [-0.2, -0.15) is 0 Å². The molecule has 0 unspecified atom stereocenters. The Balaban J connectivity index is 2.03. The number of carbonyl (C=O) groups is 3. The highest BCUT2D eigenvalue weighted by atomic mass is 32.1. The Bertz CT molecular complexity index is 771. The lowest BCUT2D eigenvalue weighted by Crippen LogP contribution is -2.46. The summed E-state index contributed by atoms with van der Waals surface area (Å²) in [4.78, 5) is 37.4. The van der Waals surface area contributed by atoms with Gasteiger partial charge in [0.2, 0.25) is 5.78 Å². The van der Waals surface area contributed by atoms with Gasteiger partial charge in [0.15, 0.2) is 6.10 Å². The number of amides is 1. The molecular weight excluding hydrogens is 357 g/mol. The van der Waals surface area contributed by atoms with Gasteiger partial charge >= 0.3 is 5.97 Å². The fourth-order valence-corrected chi connectivity index (χ4v) is 2.89. The van der Waals surface area contributed by atoms with Crippen LogP contribution < -0.4 is 5.32 Å². The molecule has 0 radical (unpaired) electrons. The van der Waals surface area contributed by atoms with E-state index in [2.05, 4.69) is 5.32 Å². The average Bonchev–Trinajstić information content (AvgIpc) is 3.13. The molecule has 138 valence electrons. The number of Topliss-reactive ketones (excluding diaryl/α,β-unsaturated/α-hetero) is 1. The topological polar surface area (TPSA) is 72.5 Å². The van der Waals surface area contributed by atoms with Crippen LogP contribution in [0.1, 0.15) is 40.8 Å². The van der Waals surface area contributed by atoms with Crippen LogP contribution in [0.15, 0.2) is 41.8 Å². The van der Waals surface area contributed by atoms with Crippen LogP contribution >= 0.6 is 11.3 Å². The maximum atomic E-state index is 13.0. The van der Waals surface area contributed by atoms with E-state index in [-0.39, 0.29) is 17.4 Å². The van der Waals surface area contributed by atoms with Gasteiger partial charge in [-0.3, -0.25) is 9.59 Å².